The predicted octanol–water partition coefficient (Wildman–Crippen LogP) is 1.71. The topological polar surface area (TPSA) is 134 Å². The third kappa shape index (κ3) is 4.10. The van der Waals surface area contributed by atoms with E-state index in [1.54, 1.807) is 24.3 Å². The zero-order chi connectivity index (χ0) is 24.9. The van der Waals surface area contributed by atoms with E-state index in [2.05, 4.69) is 10.6 Å². The summed E-state index contributed by atoms with van der Waals surface area (Å²) in [6, 6.07) is 10.5. The van der Waals surface area contributed by atoms with E-state index >= 15 is 0 Å². The van der Waals surface area contributed by atoms with Crippen molar-refractivity contribution in [2.75, 3.05) is 20.3 Å². The third-order valence-corrected chi connectivity index (χ3v) is 7.49. The van der Waals surface area contributed by atoms with Crippen molar-refractivity contribution >= 4 is 17.8 Å². The normalized spacial score (nSPS) is 27.9. The first-order valence-electron chi connectivity index (χ1n) is 11.7. The molecule has 3 aliphatic rings. The lowest BCUT2D eigenvalue weighted by Crippen LogP contribution is -2.31. The van der Waals surface area contributed by atoms with E-state index in [0.717, 1.165) is 11.1 Å². The number of fused-ring (bicyclic) bond motifs is 2. The average molecular weight is 481 g/mol. The van der Waals surface area contributed by atoms with E-state index in [4.69, 9.17) is 14.6 Å². The summed E-state index contributed by atoms with van der Waals surface area (Å²) in [6.45, 7) is 1.82. The number of benzene rings is 2. The molecule has 5 atom stereocenters. The molecule has 2 aromatic carbocycles. The van der Waals surface area contributed by atoms with Crippen LogP contribution in [0.25, 0.3) is 0 Å². The maximum atomic E-state index is 13.2. The largest absolute Gasteiger partial charge is 0.491 e. The molecular weight excluding hydrogens is 452 g/mol. The molecule has 2 aliphatic carbocycles. The Balaban J connectivity index is 1.45. The van der Waals surface area contributed by atoms with Gasteiger partial charge in [0, 0.05) is 24.2 Å². The number of carboxylic acid groups (broad SMARTS) is 1. The number of amides is 2. The van der Waals surface area contributed by atoms with Crippen LogP contribution in [0.3, 0.4) is 0 Å². The number of carboxylic acids is 1. The number of rotatable bonds is 7. The Labute approximate surface area is 202 Å². The molecule has 0 bridgehead atoms. The van der Waals surface area contributed by atoms with Crippen molar-refractivity contribution in [1.29, 1.82) is 0 Å². The van der Waals surface area contributed by atoms with Gasteiger partial charge in [-0.2, -0.15) is 0 Å². The van der Waals surface area contributed by atoms with Crippen LogP contribution in [0.15, 0.2) is 36.4 Å². The lowest BCUT2D eigenvalue weighted by Gasteiger charge is -2.24. The summed E-state index contributed by atoms with van der Waals surface area (Å²) in [7, 11) is 1.53. The van der Waals surface area contributed by atoms with E-state index in [1.807, 2.05) is 19.1 Å². The minimum absolute atomic E-state index is 0.0589. The number of nitrogens with one attached hydrogen (secondary N) is 2. The molecule has 35 heavy (non-hydrogen) atoms. The Morgan fingerprint density at radius 1 is 1.11 bits per heavy atom. The fraction of sp³-hybridized carbons (Fsp3) is 0.423. The number of aliphatic hydroxyl groups excluding tert-OH is 1. The van der Waals surface area contributed by atoms with Crippen molar-refractivity contribution in [3.63, 3.8) is 0 Å². The average Bonchev–Trinajstić information content (AvgIpc) is 3.15. The molecule has 9 nitrogen and oxygen atoms in total. The number of aliphatic hydroxyl groups is 1. The maximum absolute atomic E-state index is 13.2. The second-order valence-corrected chi connectivity index (χ2v) is 9.76. The predicted molar refractivity (Wildman–Crippen MR) is 125 cm³/mol. The van der Waals surface area contributed by atoms with E-state index in [0.29, 0.717) is 47.3 Å². The van der Waals surface area contributed by atoms with E-state index < -0.39 is 18.0 Å². The molecule has 2 saturated carbocycles. The second-order valence-electron chi connectivity index (χ2n) is 9.76. The number of carbonyl (C=O) groups is 3. The highest BCUT2D eigenvalue weighted by Gasteiger charge is 2.56. The molecule has 4 N–H and O–H groups in total. The molecule has 2 amide bonds. The zero-order valence-corrected chi connectivity index (χ0v) is 19.5. The van der Waals surface area contributed by atoms with Crippen molar-refractivity contribution in [3.8, 4) is 11.5 Å². The molecule has 5 rings (SSSR count). The van der Waals surface area contributed by atoms with Crippen molar-refractivity contribution in [3.05, 3.63) is 58.7 Å². The molecule has 0 radical (unpaired) electrons. The summed E-state index contributed by atoms with van der Waals surface area (Å²) < 4.78 is 11.2. The van der Waals surface area contributed by atoms with Crippen molar-refractivity contribution in [1.82, 2.24) is 10.6 Å². The minimum Gasteiger partial charge on any atom is -0.491 e. The van der Waals surface area contributed by atoms with Gasteiger partial charge < -0.3 is 30.3 Å². The Morgan fingerprint density at radius 2 is 1.80 bits per heavy atom. The van der Waals surface area contributed by atoms with Crippen molar-refractivity contribution in [2.45, 2.75) is 37.3 Å². The summed E-state index contributed by atoms with van der Waals surface area (Å²) in [4.78, 5) is 36.6. The van der Waals surface area contributed by atoms with Gasteiger partial charge in [-0.05, 0) is 61.4 Å². The Kier molecular flexibility index (Phi) is 5.67. The van der Waals surface area contributed by atoms with Gasteiger partial charge in [-0.25, -0.2) is 4.79 Å². The van der Waals surface area contributed by atoms with Crippen molar-refractivity contribution < 1.29 is 34.1 Å². The van der Waals surface area contributed by atoms with Crippen LogP contribution in [0.1, 0.15) is 51.6 Å². The molecule has 2 fully saturated rings. The van der Waals surface area contributed by atoms with Gasteiger partial charge >= 0.3 is 5.97 Å². The maximum Gasteiger partial charge on any atom is 0.341 e. The molecule has 2 aromatic rings. The standard InChI is InChI=1S/C26H28N2O7/c1-26(14-3-5-16(6-4-14)34-11-21(30)31)12-35-23-19(25(33)27-2)7-13(8-20(23)26)24(32)28-22-17-9-15(29)10-18(17)22/h3-8,15,17-18,22,29H,9-12H2,1-2H3,(H,27,33)(H,28,32)(H,30,31)/t15?,17-,18+,22?,26-/m0/s1. The fourth-order valence-electron chi connectivity index (χ4n) is 5.49. The van der Waals surface area contributed by atoms with Crippen LogP contribution in [0.4, 0.5) is 0 Å². The van der Waals surface area contributed by atoms with Gasteiger partial charge in [0.15, 0.2) is 6.61 Å². The van der Waals surface area contributed by atoms with E-state index in [9.17, 15) is 19.5 Å². The van der Waals surface area contributed by atoms with Gasteiger partial charge in [0.1, 0.15) is 18.1 Å². The van der Waals surface area contributed by atoms with Crippen LogP contribution in [0, 0.1) is 11.8 Å². The molecule has 0 aromatic heterocycles. The lowest BCUT2D eigenvalue weighted by molar-refractivity contribution is -0.139. The molecule has 0 spiro atoms. The summed E-state index contributed by atoms with van der Waals surface area (Å²) in [5, 5.41) is 24.3. The summed E-state index contributed by atoms with van der Waals surface area (Å²) in [5.74, 6) is -0.145. The van der Waals surface area contributed by atoms with E-state index in [-0.39, 0.29) is 30.6 Å². The van der Waals surface area contributed by atoms with Gasteiger partial charge in [0.25, 0.3) is 11.8 Å². The Bertz CT molecular complexity index is 1180. The summed E-state index contributed by atoms with van der Waals surface area (Å²) in [5.41, 5.74) is 1.65. The first kappa shape index (κ1) is 23.2. The van der Waals surface area contributed by atoms with Gasteiger partial charge in [0.05, 0.1) is 17.1 Å². The van der Waals surface area contributed by atoms with Crippen LogP contribution in [-0.2, 0) is 10.2 Å². The number of carbonyl (C=O) groups excluding carboxylic acids is 2. The number of hydrogen-bond donors (Lipinski definition) is 4. The SMILES string of the molecule is CNC(=O)c1cc(C(=O)NC2[C@H]3CC(O)C[C@@H]23)cc2c1OC[C@@]2(C)c1ccc(OCC(=O)O)cc1. The second kappa shape index (κ2) is 8.57. The number of hydrogen-bond acceptors (Lipinski definition) is 6. The number of aliphatic carboxylic acids is 1. The monoisotopic (exact) mass is 480 g/mol. The summed E-state index contributed by atoms with van der Waals surface area (Å²) in [6.07, 6.45) is 1.14. The Hall–Kier alpha value is -3.59. The lowest BCUT2D eigenvalue weighted by atomic mass is 9.77. The molecule has 0 saturated heterocycles. The van der Waals surface area contributed by atoms with Gasteiger partial charge in [-0.1, -0.05) is 12.1 Å². The highest BCUT2D eigenvalue weighted by molar-refractivity contribution is 6.02. The molecular formula is C26H28N2O7. The van der Waals surface area contributed by atoms with Crippen LogP contribution in [0.2, 0.25) is 0 Å². The third-order valence-electron chi connectivity index (χ3n) is 7.49. The fourth-order valence-corrected chi connectivity index (χ4v) is 5.49. The molecule has 2 unspecified atom stereocenters. The number of ether oxygens (including phenoxy) is 2. The quantitative estimate of drug-likeness (QED) is 0.474. The zero-order valence-electron chi connectivity index (χ0n) is 19.5. The van der Waals surface area contributed by atoms with Crippen molar-refractivity contribution in [2.24, 2.45) is 11.8 Å². The molecule has 184 valence electrons. The highest BCUT2D eigenvalue weighted by atomic mass is 16.5. The first-order chi connectivity index (χ1) is 16.7. The van der Waals surface area contributed by atoms with Gasteiger partial charge in [0.2, 0.25) is 0 Å². The molecule has 1 aliphatic heterocycles. The van der Waals surface area contributed by atoms with Crippen LogP contribution in [-0.4, -0.2) is 60.4 Å². The van der Waals surface area contributed by atoms with Crippen LogP contribution >= 0.6 is 0 Å². The van der Waals surface area contributed by atoms with Crippen LogP contribution < -0.4 is 20.1 Å². The Morgan fingerprint density at radius 3 is 2.43 bits per heavy atom. The highest BCUT2D eigenvalue weighted by Crippen LogP contribution is 2.52. The smallest absolute Gasteiger partial charge is 0.341 e. The van der Waals surface area contributed by atoms with Gasteiger partial charge in [-0.15, -0.1) is 0 Å². The minimum atomic E-state index is -1.06. The molecule has 9 heteroatoms. The van der Waals surface area contributed by atoms with E-state index in [1.165, 1.54) is 7.05 Å². The van der Waals surface area contributed by atoms with Crippen LogP contribution in [0.5, 0.6) is 11.5 Å². The molecule has 1 heterocycles. The summed E-state index contributed by atoms with van der Waals surface area (Å²) >= 11 is 0. The first-order valence-corrected chi connectivity index (χ1v) is 11.7. The van der Waals surface area contributed by atoms with Gasteiger partial charge in [-0.3, -0.25) is 9.59 Å².